The quantitative estimate of drug-likeness (QED) is 0.275. The zero-order valence-electron chi connectivity index (χ0n) is 17.5. The van der Waals surface area contributed by atoms with Crippen LogP contribution in [0.15, 0.2) is 115 Å². The van der Waals surface area contributed by atoms with Crippen molar-refractivity contribution in [2.45, 2.75) is 6.92 Å². The molecule has 146 valence electrons. The lowest BCUT2D eigenvalue weighted by Crippen LogP contribution is -1.83. The Morgan fingerprint density at radius 2 is 0.677 bits per heavy atom. The summed E-state index contributed by atoms with van der Waals surface area (Å²) in [5.74, 6) is 0. The second kappa shape index (κ2) is 7.11. The predicted octanol–water partition coefficient (Wildman–Crippen LogP) is 8.79. The second-order valence-electron chi connectivity index (χ2n) is 8.40. The van der Waals surface area contributed by atoms with Crippen LogP contribution in [0.5, 0.6) is 0 Å². The van der Waals surface area contributed by atoms with E-state index in [1.165, 1.54) is 60.1 Å². The number of hydrogen-bond donors (Lipinski definition) is 0. The summed E-state index contributed by atoms with van der Waals surface area (Å²) >= 11 is 0. The molecule has 6 aromatic rings. The van der Waals surface area contributed by atoms with Crippen LogP contribution in [0.25, 0.3) is 54.6 Å². The maximum atomic E-state index is 2.30. The zero-order valence-corrected chi connectivity index (χ0v) is 17.5. The maximum Gasteiger partial charge on any atom is -0.0177 e. The van der Waals surface area contributed by atoms with Crippen LogP contribution in [0.3, 0.4) is 0 Å². The van der Waals surface area contributed by atoms with E-state index in [0.29, 0.717) is 0 Å². The van der Waals surface area contributed by atoms with E-state index in [2.05, 4.69) is 122 Å². The van der Waals surface area contributed by atoms with Gasteiger partial charge in [-0.3, -0.25) is 0 Å². The van der Waals surface area contributed by atoms with Crippen LogP contribution in [0.2, 0.25) is 0 Å². The lowest BCUT2D eigenvalue weighted by molar-refractivity contribution is 1.50. The Kier molecular flexibility index (Phi) is 4.11. The third-order valence-corrected chi connectivity index (χ3v) is 6.25. The Morgan fingerprint density at radius 3 is 1.19 bits per heavy atom. The number of hydrogen-bond acceptors (Lipinski definition) is 0. The summed E-state index contributed by atoms with van der Waals surface area (Å²) in [7, 11) is 0. The fraction of sp³-hybridized carbons (Fsp3) is 0.0323. The molecule has 31 heavy (non-hydrogen) atoms. The van der Waals surface area contributed by atoms with Crippen LogP contribution >= 0.6 is 0 Å². The first-order valence-corrected chi connectivity index (χ1v) is 10.8. The molecule has 0 saturated heterocycles. The molecular weight excluding hydrogens is 372 g/mol. The van der Waals surface area contributed by atoms with E-state index in [9.17, 15) is 0 Å². The molecule has 0 aliphatic rings. The van der Waals surface area contributed by atoms with E-state index in [4.69, 9.17) is 0 Å². The van der Waals surface area contributed by atoms with Crippen LogP contribution in [0, 0.1) is 6.92 Å². The van der Waals surface area contributed by atoms with Crippen LogP contribution in [0.4, 0.5) is 0 Å². The van der Waals surface area contributed by atoms with E-state index in [0.717, 1.165) is 0 Å². The number of rotatable bonds is 2. The number of benzene rings is 6. The average Bonchev–Trinajstić information content (AvgIpc) is 2.82. The molecule has 0 radical (unpaired) electrons. The number of aryl methyl sites for hydroxylation is 1. The van der Waals surface area contributed by atoms with E-state index in [-0.39, 0.29) is 0 Å². The van der Waals surface area contributed by atoms with Crippen molar-refractivity contribution in [1.82, 2.24) is 0 Å². The van der Waals surface area contributed by atoms with Crippen molar-refractivity contribution in [3.63, 3.8) is 0 Å². The van der Waals surface area contributed by atoms with Crippen molar-refractivity contribution in [3.8, 4) is 22.3 Å². The molecule has 0 aliphatic heterocycles. The van der Waals surface area contributed by atoms with Crippen LogP contribution in [-0.4, -0.2) is 0 Å². The Hall–Kier alpha value is -3.90. The Morgan fingerprint density at radius 1 is 0.323 bits per heavy atom. The molecule has 0 aliphatic carbocycles. The predicted molar refractivity (Wildman–Crippen MR) is 135 cm³/mol. The first kappa shape index (κ1) is 17.9. The van der Waals surface area contributed by atoms with Crippen LogP contribution in [-0.2, 0) is 0 Å². The Balaban J connectivity index is 1.40. The standard InChI is InChI=1S/C31H22/c1-21-6-7-25-18-27(11-10-24(25)16-21)29-14-15-30-19-28(12-13-31(30)20-29)26-9-8-22-4-2-3-5-23(22)17-26/h2-20H,1H3. The summed E-state index contributed by atoms with van der Waals surface area (Å²) in [6, 6.07) is 42.2. The van der Waals surface area contributed by atoms with Gasteiger partial charge in [-0.2, -0.15) is 0 Å². The third kappa shape index (κ3) is 3.27. The molecule has 0 aromatic heterocycles. The van der Waals surface area contributed by atoms with Gasteiger partial charge in [-0.15, -0.1) is 0 Å². The minimum atomic E-state index is 1.26. The molecule has 6 rings (SSSR count). The highest BCUT2D eigenvalue weighted by Gasteiger charge is 2.05. The van der Waals surface area contributed by atoms with Crippen LogP contribution in [0.1, 0.15) is 5.56 Å². The van der Waals surface area contributed by atoms with Gasteiger partial charge in [0.2, 0.25) is 0 Å². The lowest BCUT2D eigenvalue weighted by Gasteiger charge is -2.09. The molecule has 0 atom stereocenters. The largest absolute Gasteiger partial charge is 0.0616 e. The average molecular weight is 395 g/mol. The Bertz CT molecular complexity index is 1590. The molecule has 0 saturated carbocycles. The second-order valence-corrected chi connectivity index (χ2v) is 8.40. The smallest absolute Gasteiger partial charge is 0.0177 e. The summed E-state index contributed by atoms with van der Waals surface area (Å²) in [5.41, 5.74) is 6.33. The SMILES string of the molecule is Cc1ccc2cc(-c3ccc4cc(-c5ccc6ccccc6c5)ccc4c3)ccc2c1. The molecule has 0 bridgehead atoms. The number of fused-ring (bicyclic) bond motifs is 3. The van der Waals surface area contributed by atoms with E-state index in [1.54, 1.807) is 0 Å². The molecule has 6 aromatic carbocycles. The summed E-state index contributed by atoms with van der Waals surface area (Å²) in [5, 5.41) is 7.68. The molecule has 0 nitrogen and oxygen atoms in total. The van der Waals surface area contributed by atoms with Gasteiger partial charge >= 0.3 is 0 Å². The van der Waals surface area contributed by atoms with E-state index >= 15 is 0 Å². The summed E-state index contributed by atoms with van der Waals surface area (Å²) in [6.45, 7) is 2.14. The van der Waals surface area contributed by atoms with Gasteiger partial charge in [0.15, 0.2) is 0 Å². The van der Waals surface area contributed by atoms with Gasteiger partial charge in [0, 0.05) is 0 Å². The topological polar surface area (TPSA) is 0 Å². The van der Waals surface area contributed by atoms with Crippen molar-refractivity contribution in [2.75, 3.05) is 0 Å². The third-order valence-electron chi connectivity index (χ3n) is 6.25. The Labute approximate surface area is 182 Å². The molecule has 0 heterocycles. The maximum absolute atomic E-state index is 2.30. The minimum Gasteiger partial charge on any atom is -0.0616 e. The van der Waals surface area contributed by atoms with Crippen molar-refractivity contribution in [2.24, 2.45) is 0 Å². The highest BCUT2D eigenvalue weighted by atomic mass is 14.1. The normalized spacial score (nSPS) is 11.4. The van der Waals surface area contributed by atoms with Gasteiger partial charge in [-0.05, 0) is 85.8 Å². The fourth-order valence-electron chi connectivity index (χ4n) is 4.52. The van der Waals surface area contributed by atoms with Crippen molar-refractivity contribution < 1.29 is 0 Å². The molecule has 0 fully saturated rings. The van der Waals surface area contributed by atoms with Crippen LogP contribution < -0.4 is 0 Å². The van der Waals surface area contributed by atoms with Crippen molar-refractivity contribution >= 4 is 32.3 Å². The van der Waals surface area contributed by atoms with Gasteiger partial charge in [0.25, 0.3) is 0 Å². The van der Waals surface area contributed by atoms with Gasteiger partial charge in [-0.25, -0.2) is 0 Å². The summed E-state index contributed by atoms with van der Waals surface area (Å²) in [4.78, 5) is 0. The molecular formula is C31H22. The molecule has 0 amide bonds. The lowest BCUT2D eigenvalue weighted by atomic mass is 9.95. The van der Waals surface area contributed by atoms with Gasteiger partial charge in [-0.1, -0.05) is 96.6 Å². The monoisotopic (exact) mass is 394 g/mol. The van der Waals surface area contributed by atoms with Gasteiger partial charge < -0.3 is 0 Å². The van der Waals surface area contributed by atoms with Gasteiger partial charge in [0.05, 0.1) is 0 Å². The summed E-state index contributed by atoms with van der Waals surface area (Å²) < 4.78 is 0. The van der Waals surface area contributed by atoms with Crippen molar-refractivity contribution in [3.05, 3.63) is 121 Å². The van der Waals surface area contributed by atoms with Crippen molar-refractivity contribution in [1.29, 1.82) is 0 Å². The highest BCUT2D eigenvalue weighted by Crippen LogP contribution is 2.31. The molecule has 0 N–H and O–H groups in total. The summed E-state index contributed by atoms with van der Waals surface area (Å²) in [6.07, 6.45) is 0. The minimum absolute atomic E-state index is 1.26. The fourth-order valence-corrected chi connectivity index (χ4v) is 4.52. The first-order valence-electron chi connectivity index (χ1n) is 10.8. The highest BCUT2D eigenvalue weighted by molar-refractivity contribution is 5.94. The zero-order chi connectivity index (χ0) is 20.8. The van der Waals surface area contributed by atoms with Gasteiger partial charge in [0.1, 0.15) is 0 Å². The molecule has 0 spiro atoms. The molecule has 0 heteroatoms. The van der Waals surface area contributed by atoms with E-state index < -0.39 is 0 Å². The molecule has 0 unspecified atom stereocenters. The first-order chi connectivity index (χ1) is 15.2. The van der Waals surface area contributed by atoms with E-state index in [1.807, 2.05) is 0 Å².